The van der Waals surface area contributed by atoms with E-state index >= 15 is 0 Å². The number of benzene rings is 1. The summed E-state index contributed by atoms with van der Waals surface area (Å²) in [5.74, 6) is 1.47. The van der Waals surface area contributed by atoms with E-state index in [1.807, 2.05) is 24.7 Å². The maximum absolute atomic E-state index is 12.3. The van der Waals surface area contributed by atoms with E-state index in [4.69, 9.17) is 10.1 Å². The first-order valence-electron chi connectivity index (χ1n) is 10.1. The van der Waals surface area contributed by atoms with Gasteiger partial charge in [-0.25, -0.2) is 9.97 Å². The monoisotopic (exact) mass is 388 g/mol. The maximum Gasteiger partial charge on any atom is 0.270 e. The zero-order valence-corrected chi connectivity index (χ0v) is 16.8. The second kappa shape index (κ2) is 6.99. The predicted molar refractivity (Wildman–Crippen MR) is 111 cm³/mol. The van der Waals surface area contributed by atoms with Crippen molar-refractivity contribution >= 4 is 11.7 Å². The first-order valence-corrected chi connectivity index (χ1v) is 10.1. The van der Waals surface area contributed by atoms with Crippen molar-refractivity contribution in [3.63, 3.8) is 0 Å². The number of nitrogens with one attached hydrogen (secondary N) is 1. The number of nitrogens with zero attached hydrogens (tertiary/aromatic N) is 5. The highest BCUT2D eigenvalue weighted by atomic mass is 16.1. The van der Waals surface area contributed by atoms with Crippen LogP contribution in [-0.2, 0) is 26.3 Å². The minimum Gasteiger partial charge on any atom is -0.356 e. The van der Waals surface area contributed by atoms with Crippen molar-refractivity contribution in [3.05, 3.63) is 58.7 Å². The molecule has 0 spiro atoms. The number of anilines is 1. The van der Waals surface area contributed by atoms with Crippen LogP contribution in [0.2, 0.25) is 0 Å². The molecule has 1 aromatic carbocycles. The third kappa shape index (κ3) is 3.06. The van der Waals surface area contributed by atoms with Crippen LogP contribution in [0.15, 0.2) is 30.3 Å². The normalized spacial score (nSPS) is 16.1. The van der Waals surface area contributed by atoms with Gasteiger partial charge in [0, 0.05) is 55.5 Å². The summed E-state index contributed by atoms with van der Waals surface area (Å²) in [6.45, 7) is 4.20. The Morgan fingerprint density at radius 1 is 0.966 bits per heavy atom. The van der Waals surface area contributed by atoms with E-state index in [1.54, 1.807) is 0 Å². The van der Waals surface area contributed by atoms with Crippen LogP contribution in [0, 0.1) is 6.92 Å². The lowest BCUT2D eigenvalue weighted by Crippen LogP contribution is -2.36. The lowest BCUT2D eigenvalue weighted by molar-refractivity contribution is 0.0940. The van der Waals surface area contributed by atoms with Crippen LogP contribution < -0.4 is 10.2 Å². The van der Waals surface area contributed by atoms with Crippen LogP contribution in [0.1, 0.15) is 33.1 Å². The van der Waals surface area contributed by atoms with Crippen LogP contribution in [0.5, 0.6) is 0 Å². The average molecular weight is 388 g/mol. The van der Waals surface area contributed by atoms with Gasteiger partial charge in [-0.05, 0) is 19.8 Å². The van der Waals surface area contributed by atoms with E-state index in [0.717, 1.165) is 55.0 Å². The van der Waals surface area contributed by atoms with Gasteiger partial charge >= 0.3 is 0 Å². The molecule has 2 aliphatic rings. The van der Waals surface area contributed by atoms with Gasteiger partial charge in [0.2, 0.25) is 0 Å². The molecule has 148 valence electrons. The molecular formula is C22H24N6O. The Hall–Kier alpha value is -3.22. The molecule has 7 heteroatoms. The Balaban J connectivity index is 1.51. The Morgan fingerprint density at radius 3 is 2.59 bits per heavy atom. The highest BCUT2D eigenvalue weighted by Crippen LogP contribution is 2.30. The smallest absolute Gasteiger partial charge is 0.270 e. The Labute approximate surface area is 169 Å². The molecule has 7 nitrogen and oxygen atoms in total. The Kier molecular flexibility index (Phi) is 4.30. The number of rotatable bonds is 2. The van der Waals surface area contributed by atoms with Crippen molar-refractivity contribution in [1.29, 1.82) is 0 Å². The number of carbonyl (C=O) groups is 1. The summed E-state index contributed by atoms with van der Waals surface area (Å²) >= 11 is 0. The number of amides is 1. The molecule has 0 aliphatic carbocycles. The molecule has 2 aliphatic heterocycles. The van der Waals surface area contributed by atoms with Crippen molar-refractivity contribution in [2.24, 2.45) is 7.05 Å². The molecular weight excluding hydrogens is 364 g/mol. The molecule has 2 aromatic heterocycles. The molecule has 1 amide bonds. The molecule has 1 N–H and O–H groups in total. The zero-order chi connectivity index (χ0) is 20.0. The summed E-state index contributed by atoms with van der Waals surface area (Å²) in [6, 6.07) is 10.4. The summed E-state index contributed by atoms with van der Waals surface area (Å²) in [6.07, 6.45) is 2.57. The van der Waals surface area contributed by atoms with E-state index in [-0.39, 0.29) is 5.91 Å². The van der Waals surface area contributed by atoms with Crippen molar-refractivity contribution in [1.82, 2.24) is 25.1 Å². The molecule has 4 heterocycles. The molecule has 0 bridgehead atoms. The van der Waals surface area contributed by atoms with Crippen LogP contribution in [0.25, 0.3) is 11.3 Å². The second-order valence-corrected chi connectivity index (χ2v) is 7.68. The molecule has 5 rings (SSSR count). The third-order valence-electron chi connectivity index (χ3n) is 5.84. The molecule has 0 fully saturated rings. The standard InChI is InChI=1S/C22H24N6O/c1-14-24-20-17(8-11-23-22(20)29)21(25-14)28-12-9-16-18(10-13-28)27(2)26-19(16)15-6-4-3-5-7-15/h3-7H,8-13H2,1-2H3,(H,23,29). The predicted octanol–water partition coefficient (Wildman–Crippen LogP) is 2.08. The number of hydrogen-bond acceptors (Lipinski definition) is 5. The van der Waals surface area contributed by atoms with Gasteiger partial charge in [0.15, 0.2) is 0 Å². The lowest BCUT2D eigenvalue weighted by atomic mass is 10.0. The van der Waals surface area contributed by atoms with Crippen molar-refractivity contribution in [2.45, 2.75) is 26.2 Å². The Bertz CT molecular complexity index is 1090. The number of hydrogen-bond donors (Lipinski definition) is 1. The zero-order valence-electron chi connectivity index (χ0n) is 16.8. The summed E-state index contributed by atoms with van der Waals surface area (Å²) in [5, 5.41) is 7.71. The van der Waals surface area contributed by atoms with Gasteiger partial charge in [0.05, 0.1) is 5.69 Å². The summed E-state index contributed by atoms with van der Waals surface area (Å²) in [5.41, 5.74) is 6.34. The summed E-state index contributed by atoms with van der Waals surface area (Å²) < 4.78 is 2.02. The van der Waals surface area contributed by atoms with Crippen molar-refractivity contribution < 1.29 is 4.79 Å². The van der Waals surface area contributed by atoms with Crippen LogP contribution in [-0.4, -0.2) is 45.3 Å². The van der Waals surface area contributed by atoms with Gasteiger partial charge in [0.1, 0.15) is 17.3 Å². The number of aryl methyl sites for hydroxylation is 2. The maximum atomic E-state index is 12.3. The van der Waals surface area contributed by atoms with Gasteiger partial charge in [0.25, 0.3) is 5.91 Å². The summed E-state index contributed by atoms with van der Waals surface area (Å²) in [4.78, 5) is 23.8. The van der Waals surface area contributed by atoms with Crippen LogP contribution >= 0.6 is 0 Å². The van der Waals surface area contributed by atoms with E-state index in [0.29, 0.717) is 18.1 Å². The van der Waals surface area contributed by atoms with Gasteiger partial charge in [-0.1, -0.05) is 30.3 Å². The SMILES string of the molecule is Cc1nc2c(c(N3CCc4c(-c5ccccc5)nn(C)c4CC3)n1)CCNC2=O. The highest BCUT2D eigenvalue weighted by Gasteiger charge is 2.28. The molecule has 0 saturated heterocycles. The highest BCUT2D eigenvalue weighted by molar-refractivity contribution is 5.96. The fourth-order valence-corrected chi connectivity index (χ4v) is 4.46. The number of fused-ring (bicyclic) bond motifs is 2. The van der Waals surface area contributed by atoms with E-state index in [9.17, 15) is 4.79 Å². The molecule has 0 radical (unpaired) electrons. The van der Waals surface area contributed by atoms with Gasteiger partial charge in [-0.2, -0.15) is 5.10 Å². The molecule has 29 heavy (non-hydrogen) atoms. The first-order chi connectivity index (χ1) is 14.1. The topological polar surface area (TPSA) is 75.9 Å². The lowest BCUT2D eigenvalue weighted by Gasteiger charge is -2.27. The first kappa shape index (κ1) is 17.8. The third-order valence-corrected chi connectivity index (χ3v) is 5.84. The Morgan fingerprint density at radius 2 is 1.76 bits per heavy atom. The minimum absolute atomic E-state index is 0.0910. The van der Waals surface area contributed by atoms with Crippen molar-refractivity contribution in [3.8, 4) is 11.3 Å². The number of aromatic nitrogens is 4. The van der Waals surface area contributed by atoms with Crippen LogP contribution in [0.4, 0.5) is 5.82 Å². The van der Waals surface area contributed by atoms with Crippen molar-refractivity contribution in [2.75, 3.05) is 24.5 Å². The van der Waals surface area contributed by atoms with Gasteiger partial charge in [-0.15, -0.1) is 0 Å². The second-order valence-electron chi connectivity index (χ2n) is 7.68. The number of carbonyl (C=O) groups excluding carboxylic acids is 1. The van der Waals surface area contributed by atoms with Gasteiger partial charge in [-0.3, -0.25) is 9.48 Å². The largest absolute Gasteiger partial charge is 0.356 e. The molecule has 0 atom stereocenters. The van der Waals surface area contributed by atoms with E-state index < -0.39 is 0 Å². The quantitative estimate of drug-likeness (QED) is 0.727. The van der Waals surface area contributed by atoms with Crippen LogP contribution in [0.3, 0.4) is 0 Å². The summed E-state index contributed by atoms with van der Waals surface area (Å²) in [7, 11) is 2.03. The van der Waals surface area contributed by atoms with Gasteiger partial charge < -0.3 is 10.2 Å². The van der Waals surface area contributed by atoms with E-state index in [2.05, 4.69) is 39.5 Å². The molecule has 0 unspecified atom stereocenters. The fourth-order valence-electron chi connectivity index (χ4n) is 4.46. The molecule has 0 saturated carbocycles. The molecule has 3 aromatic rings. The fraction of sp³-hybridized carbons (Fsp3) is 0.364. The average Bonchev–Trinajstić information content (AvgIpc) is 2.90. The van der Waals surface area contributed by atoms with E-state index in [1.165, 1.54) is 11.3 Å². The minimum atomic E-state index is -0.0910.